The number of rotatable bonds is 3. The van der Waals surface area contributed by atoms with Crippen molar-refractivity contribution in [3.05, 3.63) is 21.8 Å². The van der Waals surface area contributed by atoms with Gasteiger partial charge in [0.2, 0.25) is 0 Å². The topological polar surface area (TPSA) is 34.2 Å². The molecule has 5 heteroatoms. The van der Waals surface area contributed by atoms with E-state index in [2.05, 4.69) is 33.2 Å². The maximum atomic E-state index is 5.83. The summed E-state index contributed by atoms with van der Waals surface area (Å²) in [5, 5.41) is 3.91. The van der Waals surface area contributed by atoms with Crippen LogP contribution in [0, 0.1) is 0 Å². The van der Waals surface area contributed by atoms with Crippen molar-refractivity contribution >= 4 is 33.3 Å². The minimum atomic E-state index is -0.0687. The third-order valence-corrected chi connectivity index (χ3v) is 3.55. The minimum Gasteiger partial charge on any atom is -0.373 e. The van der Waals surface area contributed by atoms with E-state index in [-0.39, 0.29) is 5.60 Å². The fourth-order valence-corrected chi connectivity index (χ4v) is 2.57. The van der Waals surface area contributed by atoms with Crippen molar-refractivity contribution in [1.29, 1.82) is 0 Å². The van der Waals surface area contributed by atoms with Gasteiger partial charge in [-0.2, -0.15) is 0 Å². The molecule has 2 heterocycles. The van der Waals surface area contributed by atoms with Crippen molar-refractivity contribution in [2.75, 3.05) is 18.5 Å². The summed E-state index contributed by atoms with van der Waals surface area (Å²) in [4.78, 5) is 4.22. The van der Waals surface area contributed by atoms with Crippen LogP contribution in [-0.4, -0.2) is 23.7 Å². The Morgan fingerprint density at radius 1 is 1.69 bits per heavy atom. The van der Waals surface area contributed by atoms with Gasteiger partial charge in [0, 0.05) is 19.3 Å². The molecule has 1 unspecified atom stereocenters. The first kappa shape index (κ1) is 12.1. The minimum absolute atomic E-state index is 0.0687. The van der Waals surface area contributed by atoms with E-state index >= 15 is 0 Å². The Bertz CT molecular complexity index is 380. The Morgan fingerprint density at radius 2 is 2.50 bits per heavy atom. The molecule has 0 aromatic carbocycles. The number of halogens is 2. The van der Waals surface area contributed by atoms with E-state index in [1.54, 1.807) is 6.20 Å². The van der Waals surface area contributed by atoms with Crippen molar-refractivity contribution in [2.45, 2.75) is 25.4 Å². The Kier molecular flexibility index (Phi) is 3.72. The molecule has 1 aromatic rings. The highest BCUT2D eigenvalue weighted by Crippen LogP contribution is 2.27. The average molecular weight is 306 g/mol. The maximum Gasteiger partial charge on any atom is 0.140 e. The lowest BCUT2D eigenvalue weighted by Crippen LogP contribution is -2.32. The molecule has 0 spiro atoms. The van der Waals surface area contributed by atoms with Gasteiger partial charge in [-0.1, -0.05) is 11.6 Å². The standard InChI is InChI=1S/C11H14BrClN2O/c1-11(3-2-4-16-11)7-15-10-9(12)5-8(13)6-14-10/h5-6H,2-4,7H2,1H3,(H,14,15). The van der Waals surface area contributed by atoms with Crippen LogP contribution in [0.4, 0.5) is 5.82 Å². The maximum absolute atomic E-state index is 5.83. The second kappa shape index (κ2) is 4.90. The van der Waals surface area contributed by atoms with Gasteiger partial charge in [-0.05, 0) is 41.8 Å². The third kappa shape index (κ3) is 2.87. The molecule has 1 atom stereocenters. The van der Waals surface area contributed by atoms with Crippen LogP contribution in [0.1, 0.15) is 19.8 Å². The molecule has 0 amide bonds. The van der Waals surface area contributed by atoms with Gasteiger partial charge in [-0.3, -0.25) is 0 Å². The summed E-state index contributed by atoms with van der Waals surface area (Å²) >= 11 is 9.25. The number of nitrogens with one attached hydrogen (secondary N) is 1. The van der Waals surface area contributed by atoms with Crippen LogP contribution in [0.5, 0.6) is 0 Å². The van der Waals surface area contributed by atoms with Crippen molar-refractivity contribution in [3.63, 3.8) is 0 Å². The third-order valence-electron chi connectivity index (χ3n) is 2.74. The Morgan fingerprint density at radius 3 is 3.12 bits per heavy atom. The lowest BCUT2D eigenvalue weighted by Gasteiger charge is -2.23. The van der Waals surface area contributed by atoms with E-state index in [1.807, 2.05) is 6.07 Å². The van der Waals surface area contributed by atoms with Crippen LogP contribution < -0.4 is 5.32 Å². The number of aromatic nitrogens is 1. The van der Waals surface area contributed by atoms with E-state index in [9.17, 15) is 0 Å². The van der Waals surface area contributed by atoms with Gasteiger partial charge in [0.25, 0.3) is 0 Å². The molecule has 0 saturated carbocycles. The fourth-order valence-electron chi connectivity index (χ4n) is 1.79. The summed E-state index contributed by atoms with van der Waals surface area (Å²) in [7, 11) is 0. The van der Waals surface area contributed by atoms with E-state index in [4.69, 9.17) is 16.3 Å². The summed E-state index contributed by atoms with van der Waals surface area (Å²) < 4.78 is 6.57. The predicted octanol–water partition coefficient (Wildman–Crippen LogP) is 3.48. The lowest BCUT2D eigenvalue weighted by atomic mass is 10.0. The summed E-state index contributed by atoms with van der Waals surface area (Å²) in [6.45, 7) is 3.74. The van der Waals surface area contributed by atoms with Gasteiger partial charge < -0.3 is 10.1 Å². The molecule has 1 aliphatic rings. The van der Waals surface area contributed by atoms with E-state index in [1.165, 1.54) is 0 Å². The van der Waals surface area contributed by atoms with Gasteiger partial charge in [0.05, 0.1) is 15.1 Å². The normalized spacial score (nSPS) is 24.7. The first-order valence-electron chi connectivity index (χ1n) is 5.28. The summed E-state index contributed by atoms with van der Waals surface area (Å²) in [6, 6.07) is 1.83. The van der Waals surface area contributed by atoms with E-state index in [0.29, 0.717) is 5.02 Å². The van der Waals surface area contributed by atoms with Crippen molar-refractivity contribution < 1.29 is 4.74 Å². The van der Waals surface area contributed by atoms with Crippen molar-refractivity contribution in [3.8, 4) is 0 Å². The second-order valence-electron chi connectivity index (χ2n) is 4.24. The first-order chi connectivity index (χ1) is 7.59. The molecule has 1 aliphatic heterocycles. The van der Waals surface area contributed by atoms with Crippen molar-refractivity contribution in [1.82, 2.24) is 4.98 Å². The summed E-state index contributed by atoms with van der Waals surface area (Å²) in [6.07, 6.45) is 3.85. The number of ether oxygens (including phenoxy) is 1. The number of anilines is 1. The molecular formula is C11H14BrClN2O. The molecule has 2 rings (SSSR count). The monoisotopic (exact) mass is 304 g/mol. The summed E-state index contributed by atoms with van der Waals surface area (Å²) in [5.74, 6) is 0.807. The van der Waals surface area contributed by atoms with E-state index < -0.39 is 0 Å². The molecule has 16 heavy (non-hydrogen) atoms. The Hall–Kier alpha value is -0.320. The fraction of sp³-hybridized carbons (Fsp3) is 0.545. The van der Waals surface area contributed by atoms with Crippen molar-refractivity contribution in [2.24, 2.45) is 0 Å². The first-order valence-corrected chi connectivity index (χ1v) is 6.45. The molecule has 1 fully saturated rings. The molecule has 1 N–H and O–H groups in total. The number of nitrogens with zero attached hydrogens (tertiary/aromatic N) is 1. The van der Waals surface area contributed by atoms with Gasteiger partial charge in [-0.25, -0.2) is 4.98 Å². The van der Waals surface area contributed by atoms with Gasteiger partial charge in [-0.15, -0.1) is 0 Å². The Balaban J connectivity index is 1.99. The quantitative estimate of drug-likeness (QED) is 0.928. The van der Waals surface area contributed by atoms with Crippen LogP contribution in [-0.2, 0) is 4.74 Å². The highest BCUT2D eigenvalue weighted by atomic mass is 79.9. The highest BCUT2D eigenvalue weighted by Gasteiger charge is 2.29. The highest BCUT2D eigenvalue weighted by molar-refractivity contribution is 9.10. The zero-order chi connectivity index (χ0) is 11.6. The van der Waals surface area contributed by atoms with Gasteiger partial charge in [0.1, 0.15) is 5.82 Å². The lowest BCUT2D eigenvalue weighted by molar-refractivity contribution is 0.0314. The largest absolute Gasteiger partial charge is 0.373 e. The van der Waals surface area contributed by atoms with Crippen LogP contribution in [0.25, 0.3) is 0 Å². The molecule has 0 aliphatic carbocycles. The average Bonchev–Trinajstić information content (AvgIpc) is 2.64. The summed E-state index contributed by atoms with van der Waals surface area (Å²) in [5.41, 5.74) is -0.0687. The van der Waals surface area contributed by atoms with Crippen LogP contribution in [0.15, 0.2) is 16.7 Å². The second-order valence-corrected chi connectivity index (χ2v) is 5.53. The molecule has 0 radical (unpaired) electrons. The number of pyridine rings is 1. The van der Waals surface area contributed by atoms with Crippen LogP contribution in [0.3, 0.4) is 0 Å². The Labute approximate surface area is 109 Å². The van der Waals surface area contributed by atoms with Gasteiger partial charge in [0.15, 0.2) is 0 Å². The smallest absolute Gasteiger partial charge is 0.140 e. The van der Waals surface area contributed by atoms with Crippen LogP contribution >= 0.6 is 27.5 Å². The number of hydrogen-bond donors (Lipinski definition) is 1. The van der Waals surface area contributed by atoms with Crippen LogP contribution in [0.2, 0.25) is 5.02 Å². The SMILES string of the molecule is CC1(CNc2ncc(Cl)cc2Br)CCCO1. The molecule has 0 bridgehead atoms. The van der Waals surface area contributed by atoms with E-state index in [0.717, 1.165) is 36.3 Å². The zero-order valence-corrected chi connectivity index (χ0v) is 11.4. The molecule has 3 nitrogen and oxygen atoms in total. The number of hydrogen-bond acceptors (Lipinski definition) is 3. The molecule has 1 aromatic heterocycles. The van der Waals surface area contributed by atoms with Gasteiger partial charge >= 0.3 is 0 Å². The molecular weight excluding hydrogens is 291 g/mol. The molecule has 88 valence electrons. The zero-order valence-electron chi connectivity index (χ0n) is 9.09. The molecule has 1 saturated heterocycles. The predicted molar refractivity (Wildman–Crippen MR) is 69.0 cm³/mol.